The minimum atomic E-state index is 0.415. The number of rotatable bonds is 5. The molecule has 0 bridgehead atoms. The summed E-state index contributed by atoms with van der Waals surface area (Å²) in [6.45, 7) is 2.88. The molecule has 4 nitrogen and oxygen atoms in total. The molecule has 0 spiro atoms. The summed E-state index contributed by atoms with van der Waals surface area (Å²) in [5.74, 6) is 1.41. The molecule has 1 heterocycles. The number of nitrogens with zero attached hydrogens (tertiary/aromatic N) is 2. The maximum atomic E-state index is 6.03. The van der Waals surface area contributed by atoms with Crippen molar-refractivity contribution in [1.29, 1.82) is 0 Å². The average molecular weight is 298 g/mol. The van der Waals surface area contributed by atoms with E-state index in [0.717, 1.165) is 13.0 Å². The number of benzene rings is 1. The van der Waals surface area contributed by atoms with Crippen molar-refractivity contribution in [3.05, 3.63) is 40.5 Å². The number of aromatic nitrogens is 2. The molecule has 100 valence electrons. The van der Waals surface area contributed by atoms with E-state index in [1.165, 1.54) is 0 Å². The lowest BCUT2D eigenvalue weighted by atomic mass is 10.3. The topological polar surface area (TPSA) is 47.0 Å². The van der Waals surface area contributed by atoms with E-state index in [4.69, 9.17) is 27.9 Å². The Morgan fingerprint density at radius 1 is 1.26 bits per heavy atom. The summed E-state index contributed by atoms with van der Waals surface area (Å²) in [6.07, 6.45) is 2.62. The van der Waals surface area contributed by atoms with Gasteiger partial charge in [0, 0.05) is 29.9 Å². The highest BCUT2D eigenvalue weighted by atomic mass is 35.5. The zero-order chi connectivity index (χ0) is 13.7. The Balaban J connectivity index is 2.16. The predicted octanol–water partition coefficient (Wildman–Crippen LogP) is 4.40. The molecular weight excluding hydrogens is 285 g/mol. The smallest absolute Gasteiger partial charge is 0.225 e. The fraction of sp³-hybridized carbons (Fsp3) is 0.231. The Morgan fingerprint density at radius 2 is 2.11 bits per heavy atom. The van der Waals surface area contributed by atoms with Crippen molar-refractivity contribution in [3.63, 3.8) is 0 Å². The monoisotopic (exact) mass is 297 g/mol. The highest BCUT2D eigenvalue weighted by Crippen LogP contribution is 2.31. The van der Waals surface area contributed by atoms with Gasteiger partial charge in [-0.05, 0) is 18.6 Å². The molecule has 1 aromatic carbocycles. The van der Waals surface area contributed by atoms with Crippen LogP contribution in [0.2, 0.25) is 10.0 Å². The van der Waals surface area contributed by atoms with Crippen LogP contribution >= 0.6 is 23.2 Å². The van der Waals surface area contributed by atoms with E-state index in [1.54, 1.807) is 30.5 Å². The van der Waals surface area contributed by atoms with Gasteiger partial charge in [-0.2, -0.15) is 4.98 Å². The molecule has 0 saturated carbocycles. The number of nitrogens with one attached hydrogen (secondary N) is 1. The van der Waals surface area contributed by atoms with Crippen LogP contribution in [0.15, 0.2) is 30.5 Å². The first-order valence-electron chi connectivity index (χ1n) is 5.89. The summed E-state index contributed by atoms with van der Waals surface area (Å²) < 4.78 is 5.60. The van der Waals surface area contributed by atoms with Crippen LogP contribution in [0.4, 0.5) is 5.95 Å². The van der Waals surface area contributed by atoms with E-state index in [9.17, 15) is 0 Å². The van der Waals surface area contributed by atoms with Gasteiger partial charge < -0.3 is 10.1 Å². The van der Waals surface area contributed by atoms with Crippen LogP contribution in [-0.4, -0.2) is 16.5 Å². The fourth-order valence-electron chi connectivity index (χ4n) is 1.39. The summed E-state index contributed by atoms with van der Waals surface area (Å²) in [4.78, 5) is 8.33. The molecule has 2 rings (SSSR count). The number of hydrogen-bond acceptors (Lipinski definition) is 4. The molecule has 0 aliphatic heterocycles. The molecular formula is C13H13Cl2N3O. The Labute approximate surface area is 121 Å². The Hall–Kier alpha value is -1.52. The summed E-state index contributed by atoms with van der Waals surface area (Å²) in [5, 5.41) is 4.12. The highest BCUT2D eigenvalue weighted by Gasteiger charge is 2.06. The third-order valence-electron chi connectivity index (χ3n) is 2.27. The van der Waals surface area contributed by atoms with Gasteiger partial charge in [0.05, 0.1) is 5.02 Å². The molecule has 0 unspecified atom stereocenters. The number of ether oxygens (including phenoxy) is 1. The van der Waals surface area contributed by atoms with E-state index in [0.29, 0.717) is 27.6 Å². The molecule has 0 amide bonds. The van der Waals surface area contributed by atoms with Crippen LogP contribution in [0, 0.1) is 0 Å². The molecule has 0 radical (unpaired) electrons. The van der Waals surface area contributed by atoms with Crippen LogP contribution in [0.5, 0.6) is 11.6 Å². The van der Waals surface area contributed by atoms with E-state index in [2.05, 4.69) is 22.2 Å². The minimum absolute atomic E-state index is 0.415. The molecule has 19 heavy (non-hydrogen) atoms. The van der Waals surface area contributed by atoms with Crippen LogP contribution < -0.4 is 10.1 Å². The second-order valence-corrected chi connectivity index (χ2v) is 4.67. The summed E-state index contributed by atoms with van der Waals surface area (Å²) in [5.41, 5.74) is 0. The fourth-order valence-corrected chi connectivity index (χ4v) is 1.71. The Bertz CT molecular complexity index is 563. The molecule has 2 aromatic rings. The zero-order valence-corrected chi connectivity index (χ0v) is 11.9. The van der Waals surface area contributed by atoms with Gasteiger partial charge in [-0.25, -0.2) is 4.98 Å². The lowest BCUT2D eigenvalue weighted by Crippen LogP contribution is -2.04. The molecule has 1 N–H and O–H groups in total. The summed E-state index contributed by atoms with van der Waals surface area (Å²) >= 11 is 11.9. The second kappa shape index (κ2) is 6.59. The first-order chi connectivity index (χ1) is 9.19. The Morgan fingerprint density at radius 3 is 2.89 bits per heavy atom. The summed E-state index contributed by atoms with van der Waals surface area (Å²) in [6, 6.07) is 6.68. The van der Waals surface area contributed by atoms with Gasteiger partial charge in [0.25, 0.3) is 0 Å². The quantitative estimate of drug-likeness (QED) is 0.889. The van der Waals surface area contributed by atoms with E-state index in [1.807, 2.05) is 0 Å². The van der Waals surface area contributed by atoms with Gasteiger partial charge in [0.1, 0.15) is 5.75 Å². The van der Waals surface area contributed by atoms with Gasteiger partial charge in [-0.15, -0.1) is 0 Å². The largest absolute Gasteiger partial charge is 0.437 e. The van der Waals surface area contributed by atoms with Crippen molar-refractivity contribution in [2.24, 2.45) is 0 Å². The number of halogens is 2. The van der Waals surface area contributed by atoms with Crippen LogP contribution in [0.3, 0.4) is 0 Å². The van der Waals surface area contributed by atoms with Crippen molar-refractivity contribution in [2.45, 2.75) is 13.3 Å². The lowest BCUT2D eigenvalue weighted by molar-refractivity contribution is 0.462. The standard InChI is InChI=1S/C13H13Cl2N3O/c1-2-6-16-13-17-7-5-12(18-13)19-11-8-9(14)3-4-10(11)15/h3-5,7-8H,2,6H2,1H3,(H,16,17,18). The molecule has 0 fully saturated rings. The maximum Gasteiger partial charge on any atom is 0.225 e. The van der Waals surface area contributed by atoms with Crippen LogP contribution in [0.1, 0.15) is 13.3 Å². The van der Waals surface area contributed by atoms with Crippen LogP contribution in [0.25, 0.3) is 0 Å². The van der Waals surface area contributed by atoms with Crippen molar-refractivity contribution >= 4 is 29.2 Å². The van der Waals surface area contributed by atoms with Crippen LogP contribution in [-0.2, 0) is 0 Å². The molecule has 0 saturated heterocycles. The lowest BCUT2D eigenvalue weighted by Gasteiger charge is -2.08. The molecule has 6 heteroatoms. The first kappa shape index (κ1) is 13.9. The average Bonchev–Trinajstić information content (AvgIpc) is 2.41. The van der Waals surface area contributed by atoms with E-state index < -0.39 is 0 Å². The van der Waals surface area contributed by atoms with Gasteiger partial charge >= 0.3 is 0 Å². The van der Waals surface area contributed by atoms with Gasteiger partial charge in [0.15, 0.2) is 0 Å². The van der Waals surface area contributed by atoms with E-state index in [-0.39, 0.29) is 0 Å². The van der Waals surface area contributed by atoms with Gasteiger partial charge in [-0.1, -0.05) is 30.1 Å². The van der Waals surface area contributed by atoms with Gasteiger partial charge in [0.2, 0.25) is 11.8 Å². The Kier molecular flexibility index (Phi) is 4.82. The normalized spacial score (nSPS) is 10.3. The number of hydrogen-bond donors (Lipinski definition) is 1. The first-order valence-corrected chi connectivity index (χ1v) is 6.64. The second-order valence-electron chi connectivity index (χ2n) is 3.82. The SMILES string of the molecule is CCCNc1nccc(Oc2cc(Cl)ccc2Cl)n1. The predicted molar refractivity (Wildman–Crippen MR) is 77.3 cm³/mol. The third kappa shape index (κ3) is 3.98. The van der Waals surface area contributed by atoms with Crippen molar-refractivity contribution in [2.75, 3.05) is 11.9 Å². The minimum Gasteiger partial charge on any atom is -0.437 e. The maximum absolute atomic E-state index is 6.03. The van der Waals surface area contributed by atoms with Crippen molar-refractivity contribution < 1.29 is 4.74 Å². The van der Waals surface area contributed by atoms with Crippen molar-refractivity contribution in [3.8, 4) is 11.6 Å². The highest BCUT2D eigenvalue weighted by molar-refractivity contribution is 6.34. The van der Waals surface area contributed by atoms with Crippen molar-refractivity contribution in [1.82, 2.24) is 9.97 Å². The molecule has 0 aliphatic rings. The third-order valence-corrected chi connectivity index (χ3v) is 2.82. The molecule has 0 aliphatic carbocycles. The zero-order valence-electron chi connectivity index (χ0n) is 10.4. The molecule has 1 aromatic heterocycles. The number of anilines is 1. The van der Waals surface area contributed by atoms with E-state index >= 15 is 0 Å². The molecule has 0 atom stereocenters. The van der Waals surface area contributed by atoms with Gasteiger partial charge in [-0.3, -0.25) is 0 Å². The summed E-state index contributed by atoms with van der Waals surface area (Å²) in [7, 11) is 0.